The van der Waals surface area contributed by atoms with Crippen LogP contribution in [-0.4, -0.2) is 18.0 Å². The third-order valence-electron chi connectivity index (χ3n) is 3.77. The normalized spacial score (nSPS) is 10.6. The molecule has 0 bridgehead atoms. The molecule has 1 aromatic heterocycles. The average Bonchev–Trinajstić information content (AvgIpc) is 3.13. The molecule has 3 aromatic rings. The summed E-state index contributed by atoms with van der Waals surface area (Å²) in [7, 11) is 1.63. The maximum atomic E-state index is 12.2. The van der Waals surface area contributed by atoms with Crippen molar-refractivity contribution in [2.45, 2.75) is 23.1 Å². The van der Waals surface area contributed by atoms with Gasteiger partial charge in [-0.3, -0.25) is 4.79 Å². The Kier molecular flexibility index (Phi) is 7.15. The quantitative estimate of drug-likeness (QED) is 0.525. The van der Waals surface area contributed by atoms with Crippen molar-refractivity contribution in [3.63, 3.8) is 0 Å². The lowest BCUT2D eigenvalue weighted by atomic mass is 10.2. The minimum atomic E-state index is -0.0441. The molecule has 2 aromatic carbocycles. The lowest BCUT2D eigenvalue weighted by Crippen LogP contribution is -2.24. The number of carbonyl (C=O) groups excluding carboxylic acids is 1. The maximum absolute atomic E-state index is 12.2. The van der Waals surface area contributed by atoms with Gasteiger partial charge in [-0.25, -0.2) is 4.98 Å². The highest BCUT2D eigenvalue weighted by atomic mass is 35.5. The number of rotatable bonds is 8. The van der Waals surface area contributed by atoms with Crippen LogP contribution < -0.4 is 10.1 Å². The molecule has 0 aliphatic carbocycles. The second kappa shape index (κ2) is 9.78. The number of hydrogen-bond acceptors (Lipinski definition) is 5. The van der Waals surface area contributed by atoms with Crippen molar-refractivity contribution in [3.8, 4) is 5.75 Å². The monoisotopic (exact) mass is 418 g/mol. The van der Waals surface area contributed by atoms with Gasteiger partial charge in [0.25, 0.3) is 0 Å². The van der Waals surface area contributed by atoms with E-state index in [1.54, 1.807) is 30.2 Å². The second-order valence-electron chi connectivity index (χ2n) is 5.82. The highest BCUT2D eigenvalue weighted by Gasteiger charge is 2.09. The number of amides is 1. The van der Waals surface area contributed by atoms with Gasteiger partial charge in [-0.2, -0.15) is 0 Å². The molecule has 1 N–H and O–H groups in total. The summed E-state index contributed by atoms with van der Waals surface area (Å²) in [6.45, 7) is 0.471. The highest BCUT2D eigenvalue weighted by molar-refractivity contribution is 8.00. The van der Waals surface area contributed by atoms with Crippen LogP contribution in [0.25, 0.3) is 0 Å². The first-order valence-corrected chi connectivity index (χ1v) is 10.6. The van der Waals surface area contributed by atoms with Crippen LogP contribution >= 0.6 is 34.7 Å². The first-order valence-electron chi connectivity index (χ1n) is 8.33. The molecule has 0 fully saturated rings. The van der Waals surface area contributed by atoms with Gasteiger partial charge in [0.1, 0.15) is 10.1 Å². The number of methoxy groups -OCH3 is 1. The zero-order chi connectivity index (χ0) is 19.1. The number of hydrogen-bond donors (Lipinski definition) is 1. The number of ether oxygens (including phenoxy) is 1. The van der Waals surface area contributed by atoms with E-state index in [0.717, 1.165) is 32.1 Å². The van der Waals surface area contributed by atoms with Crippen molar-refractivity contribution < 1.29 is 9.53 Å². The highest BCUT2D eigenvalue weighted by Crippen LogP contribution is 2.27. The Morgan fingerprint density at radius 2 is 2.04 bits per heavy atom. The molecule has 3 rings (SSSR count). The summed E-state index contributed by atoms with van der Waals surface area (Å²) < 4.78 is 6.15. The van der Waals surface area contributed by atoms with Crippen molar-refractivity contribution in [1.82, 2.24) is 10.3 Å². The summed E-state index contributed by atoms with van der Waals surface area (Å²) in [6, 6.07) is 15.4. The summed E-state index contributed by atoms with van der Waals surface area (Å²) in [5, 5.41) is 5.60. The van der Waals surface area contributed by atoms with Gasteiger partial charge in [-0.1, -0.05) is 47.6 Å². The fraction of sp³-hybridized carbons (Fsp3) is 0.200. The molecule has 0 aliphatic rings. The van der Waals surface area contributed by atoms with Gasteiger partial charge in [-0.05, 0) is 35.4 Å². The molecular weight excluding hydrogens is 400 g/mol. The fourth-order valence-corrected chi connectivity index (χ4v) is 4.30. The largest absolute Gasteiger partial charge is 0.497 e. The minimum absolute atomic E-state index is 0.0441. The molecule has 0 radical (unpaired) electrons. The van der Waals surface area contributed by atoms with Crippen LogP contribution in [0.15, 0.2) is 58.3 Å². The van der Waals surface area contributed by atoms with Crippen molar-refractivity contribution in [1.29, 1.82) is 0 Å². The third kappa shape index (κ3) is 6.27. The predicted octanol–water partition coefficient (Wildman–Crippen LogP) is 4.96. The van der Waals surface area contributed by atoms with Crippen LogP contribution in [0.4, 0.5) is 0 Å². The van der Waals surface area contributed by atoms with E-state index < -0.39 is 0 Å². The first kappa shape index (κ1) is 19.7. The SMILES string of the molecule is COc1cccc(CNC(=O)Cc2csc(SCc3ccc(Cl)cc3)n2)c1. The van der Waals surface area contributed by atoms with Gasteiger partial charge in [0.15, 0.2) is 0 Å². The van der Waals surface area contributed by atoms with Crippen molar-refractivity contribution >= 4 is 40.6 Å². The number of carbonyl (C=O) groups is 1. The summed E-state index contributed by atoms with van der Waals surface area (Å²) in [6.07, 6.45) is 0.280. The minimum Gasteiger partial charge on any atom is -0.497 e. The van der Waals surface area contributed by atoms with Gasteiger partial charge in [0.05, 0.1) is 19.2 Å². The molecule has 1 heterocycles. The van der Waals surface area contributed by atoms with Gasteiger partial charge in [0.2, 0.25) is 5.91 Å². The van der Waals surface area contributed by atoms with Crippen LogP contribution in [0.5, 0.6) is 5.75 Å². The topological polar surface area (TPSA) is 51.2 Å². The Morgan fingerprint density at radius 3 is 2.81 bits per heavy atom. The fourth-order valence-electron chi connectivity index (χ4n) is 2.37. The molecule has 0 saturated carbocycles. The van der Waals surface area contributed by atoms with E-state index in [4.69, 9.17) is 16.3 Å². The lowest BCUT2D eigenvalue weighted by Gasteiger charge is -2.06. The van der Waals surface area contributed by atoms with Crippen molar-refractivity contribution in [3.05, 3.63) is 75.8 Å². The molecule has 0 unspecified atom stereocenters. The zero-order valence-electron chi connectivity index (χ0n) is 14.8. The van der Waals surface area contributed by atoms with Gasteiger partial charge in [-0.15, -0.1) is 11.3 Å². The Morgan fingerprint density at radius 1 is 1.22 bits per heavy atom. The first-order chi connectivity index (χ1) is 13.1. The maximum Gasteiger partial charge on any atom is 0.226 e. The molecule has 140 valence electrons. The molecule has 0 aliphatic heterocycles. The van der Waals surface area contributed by atoms with Gasteiger partial charge >= 0.3 is 0 Å². The van der Waals surface area contributed by atoms with E-state index in [0.29, 0.717) is 6.54 Å². The number of benzene rings is 2. The Bertz CT molecular complexity index is 897. The van der Waals surface area contributed by atoms with E-state index in [2.05, 4.69) is 10.3 Å². The zero-order valence-corrected chi connectivity index (χ0v) is 17.2. The number of aromatic nitrogens is 1. The molecule has 1 amide bonds. The molecule has 0 spiro atoms. The number of nitrogens with zero attached hydrogens (tertiary/aromatic N) is 1. The summed E-state index contributed by atoms with van der Waals surface area (Å²) in [5.41, 5.74) is 2.99. The van der Waals surface area contributed by atoms with Crippen LogP contribution in [0, 0.1) is 0 Å². The van der Waals surface area contributed by atoms with E-state index in [9.17, 15) is 4.79 Å². The molecule has 0 atom stereocenters. The van der Waals surface area contributed by atoms with Crippen LogP contribution in [0.2, 0.25) is 5.02 Å². The Hall–Kier alpha value is -2.02. The third-order valence-corrected chi connectivity index (χ3v) is 6.16. The average molecular weight is 419 g/mol. The van der Waals surface area contributed by atoms with Crippen molar-refractivity contribution in [2.24, 2.45) is 0 Å². The van der Waals surface area contributed by atoms with Gasteiger partial charge < -0.3 is 10.1 Å². The number of halogens is 1. The van der Waals surface area contributed by atoms with Crippen LogP contribution in [0.3, 0.4) is 0 Å². The summed E-state index contributed by atoms with van der Waals surface area (Å²) in [4.78, 5) is 16.7. The molecular formula is C20H19ClN2O2S2. The van der Waals surface area contributed by atoms with Crippen molar-refractivity contribution in [2.75, 3.05) is 7.11 Å². The number of thioether (sulfide) groups is 1. The lowest BCUT2D eigenvalue weighted by molar-refractivity contribution is -0.120. The van der Waals surface area contributed by atoms with Crippen LogP contribution in [0.1, 0.15) is 16.8 Å². The summed E-state index contributed by atoms with van der Waals surface area (Å²) in [5.74, 6) is 1.56. The number of nitrogens with one attached hydrogen (secondary N) is 1. The van der Waals surface area contributed by atoms with Crippen LogP contribution in [-0.2, 0) is 23.5 Å². The molecule has 4 nitrogen and oxygen atoms in total. The van der Waals surface area contributed by atoms with Gasteiger partial charge in [0, 0.05) is 22.7 Å². The number of thiazole rings is 1. The Balaban J connectivity index is 1.46. The summed E-state index contributed by atoms with van der Waals surface area (Å²) >= 11 is 9.12. The molecule has 27 heavy (non-hydrogen) atoms. The predicted molar refractivity (Wildman–Crippen MR) is 112 cm³/mol. The Labute approximate surface area is 171 Å². The molecule has 7 heteroatoms. The molecule has 0 saturated heterocycles. The van der Waals surface area contributed by atoms with E-state index in [1.165, 1.54) is 5.56 Å². The van der Waals surface area contributed by atoms with E-state index in [-0.39, 0.29) is 12.3 Å². The second-order valence-corrected chi connectivity index (χ2v) is 8.34. The smallest absolute Gasteiger partial charge is 0.226 e. The van der Waals surface area contributed by atoms with E-state index >= 15 is 0 Å². The standard InChI is InChI=1S/C20H19ClN2O2S2/c1-25-18-4-2-3-15(9-18)11-22-19(24)10-17-13-27-20(23-17)26-12-14-5-7-16(21)8-6-14/h2-9,13H,10-12H2,1H3,(H,22,24). The van der Waals surface area contributed by atoms with E-state index in [1.807, 2.05) is 53.9 Å².